The van der Waals surface area contributed by atoms with E-state index < -0.39 is 0 Å². The van der Waals surface area contributed by atoms with Gasteiger partial charge in [-0.25, -0.2) is 0 Å². The monoisotopic (exact) mass is 198 g/mol. The molecule has 0 atom stereocenters. The molecule has 1 heteroatoms. The first-order valence-electron chi connectivity index (χ1n) is 5.45. The van der Waals surface area contributed by atoms with Crippen molar-refractivity contribution in [2.75, 3.05) is 0 Å². The van der Waals surface area contributed by atoms with Crippen molar-refractivity contribution in [2.24, 2.45) is 5.92 Å². The Labute approximate surface area is 90.5 Å². The second-order valence-corrected chi connectivity index (χ2v) is 3.99. The van der Waals surface area contributed by atoms with Gasteiger partial charge in [-0.3, -0.25) is 4.79 Å². The van der Waals surface area contributed by atoms with E-state index in [-0.39, 0.29) is 0 Å². The van der Waals surface area contributed by atoms with Crippen LogP contribution in [0, 0.1) is 17.8 Å². The predicted molar refractivity (Wildman–Crippen MR) is 60.7 cm³/mol. The first-order valence-corrected chi connectivity index (χ1v) is 5.45. The van der Waals surface area contributed by atoms with Crippen LogP contribution >= 0.6 is 0 Å². The Bertz CT molecular complexity index is 386. The number of hydrogen-bond acceptors (Lipinski definition) is 1. The zero-order valence-electron chi connectivity index (χ0n) is 8.70. The van der Waals surface area contributed by atoms with Gasteiger partial charge in [0.1, 0.15) is 6.29 Å². The van der Waals surface area contributed by atoms with E-state index in [1.54, 1.807) is 0 Å². The fraction of sp³-hybridized carbons (Fsp3) is 0.357. The Morgan fingerprint density at radius 3 is 2.40 bits per heavy atom. The summed E-state index contributed by atoms with van der Waals surface area (Å²) in [6.45, 7) is 0. The summed E-state index contributed by atoms with van der Waals surface area (Å²) in [7, 11) is 0. The highest BCUT2D eigenvalue weighted by atomic mass is 16.1. The van der Waals surface area contributed by atoms with Crippen molar-refractivity contribution in [1.29, 1.82) is 0 Å². The molecule has 1 saturated carbocycles. The third kappa shape index (κ3) is 2.70. The average molecular weight is 198 g/mol. The van der Waals surface area contributed by atoms with E-state index in [0.717, 1.165) is 11.8 Å². The molecule has 1 aliphatic carbocycles. The van der Waals surface area contributed by atoms with E-state index >= 15 is 0 Å². The molecular weight excluding hydrogens is 184 g/mol. The SMILES string of the molecule is O=Cc1ccc(C#CC2CCCC2)cc1. The number of aldehydes is 1. The lowest BCUT2D eigenvalue weighted by Crippen LogP contribution is -1.86. The molecule has 1 aromatic rings. The van der Waals surface area contributed by atoms with Crippen LogP contribution in [0.4, 0.5) is 0 Å². The zero-order valence-corrected chi connectivity index (χ0v) is 8.70. The molecule has 0 aliphatic heterocycles. The molecule has 1 fully saturated rings. The smallest absolute Gasteiger partial charge is 0.150 e. The molecule has 0 unspecified atom stereocenters. The summed E-state index contributed by atoms with van der Waals surface area (Å²) in [6, 6.07) is 7.44. The number of carbonyl (C=O) groups excluding carboxylic acids is 1. The topological polar surface area (TPSA) is 17.1 Å². The normalized spacial score (nSPS) is 15.7. The number of hydrogen-bond donors (Lipinski definition) is 0. The van der Waals surface area contributed by atoms with Gasteiger partial charge in [-0.1, -0.05) is 36.8 Å². The van der Waals surface area contributed by atoms with Crippen molar-refractivity contribution in [3.8, 4) is 11.8 Å². The predicted octanol–water partition coefficient (Wildman–Crippen LogP) is 3.04. The van der Waals surface area contributed by atoms with Gasteiger partial charge < -0.3 is 0 Å². The maximum Gasteiger partial charge on any atom is 0.150 e. The average Bonchev–Trinajstić information content (AvgIpc) is 2.80. The van der Waals surface area contributed by atoms with Gasteiger partial charge in [-0.05, 0) is 25.0 Å². The van der Waals surface area contributed by atoms with Gasteiger partial charge in [0, 0.05) is 17.0 Å². The highest BCUT2D eigenvalue weighted by Crippen LogP contribution is 2.23. The summed E-state index contributed by atoms with van der Waals surface area (Å²) < 4.78 is 0. The largest absolute Gasteiger partial charge is 0.298 e. The van der Waals surface area contributed by atoms with E-state index in [1.165, 1.54) is 25.7 Å². The molecule has 76 valence electrons. The fourth-order valence-corrected chi connectivity index (χ4v) is 1.90. The van der Waals surface area contributed by atoms with Gasteiger partial charge in [-0.2, -0.15) is 0 Å². The van der Waals surface area contributed by atoms with E-state index in [0.29, 0.717) is 11.5 Å². The van der Waals surface area contributed by atoms with Crippen molar-refractivity contribution in [2.45, 2.75) is 25.7 Å². The van der Waals surface area contributed by atoms with Crippen LogP contribution in [0.2, 0.25) is 0 Å². The molecule has 1 aliphatic rings. The lowest BCUT2D eigenvalue weighted by atomic mass is 10.1. The van der Waals surface area contributed by atoms with Crippen molar-refractivity contribution >= 4 is 6.29 Å². The van der Waals surface area contributed by atoms with Crippen molar-refractivity contribution < 1.29 is 4.79 Å². The fourth-order valence-electron chi connectivity index (χ4n) is 1.90. The Morgan fingerprint density at radius 1 is 1.13 bits per heavy atom. The lowest BCUT2D eigenvalue weighted by Gasteiger charge is -1.95. The first-order chi connectivity index (χ1) is 7.38. The second-order valence-electron chi connectivity index (χ2n) is 3.99. The molecule has 0 heterocycles. The third-order valence-electron chi connectivity index (χ3n) is 2.82. The van der Waals surface area contributed by atoms with Crippen LogP contribution in [0.25, 0.3) is 0 Å². The molecule has 0 aromatic heterocycles. The summed E-state index contributed by atoms with van der Waals surface area (Å²) in [4.78, 5) is 10.4. The van der Waals surface area contributed by atoms with Gasteiger partial charge >= 0.3 is 0 Å². The van der Waals surface area contributed by atoms with Crippen LogP contribution in [0.5, 0.6) is 0 Å². The van der Waals surface area contributed by atoms with Crippen molar-refractivity contribution in [3.05, 3.63) is 35.4 Å². The molecule has 0 amide bonds. The number of benzene rings is 1. The van der Waals surface area contributed by atoms with Crippen molar-refractivity contribution in [1.82, 2.24) is 0 Å². The first kappa shape index (κ1) is 9.98. The summed E-state index contributed by atoms with van der Waals surface area (Å²) >= 11 is 0. The Balaban J connectivity index is 2.06. The number of carbonyl (C=O) groups is 1. The minimum absolute atomic E-state index is 0.593. The highest BCUT2D eigenvalue weighted by molar-refractivity contribution is 5.74. The molecule has 1 nitrogen and oxygen atoms in total. The van der Waals surface area contributed by atoms with Gasteiger partial charge in [0.05, 0.1) is 0 Å². The molecule has 15 heavy (non-hydrogen) atoms. The summed E-state index contributed by atoms with van der Waals surface area (Å²) in [6.07, 6.45) is 6.00. The van der Waals surface area contributed by atoms with Gasteiger partial charge in [-0.15, -0.1) is 0 Å². The maximum atomic E-state index is 10.4. The van der Waals surface area contributed by atoms with Crippen LogP contribution in [0.1, 0.15) is 41.6 Å². The molecule has 0 saturated heterocycles. The second kappa shape index (κ2) is 4.79. The van der Waals surface area contributed by atoms with Crippen molar-refractivity contribution in [3.63, 3.8) is 0 Å². The van der Waals surface area contributed by atoms with Crippen LogP contribution in [0.15, 0.2) is 24.3 Å². The van der Waals surface area contributed by atoms with Crippen LogP contribution < -0.4 is 0 Å². The lowest BCUT2D eigenvalue weighted by molar-refractivity contribution is 0.112. The van der Waals surface area contributed by atoms with Gasteiger partial charge in [0.25, 0.3) is 0 Å². The Morgan fingerprint density at radius 2 is 1.80 bits per heavy atom. The summed E-state index contributed by atoms with van der Waals surface area (Å²) in [5.41, 5.74) is 1.72. The molecule has 0 bridgehead atoms. The molecule has 2 rings (SSSR count). The minimum Gasteiger partial charge on any atom is -0.298 e. The molecule has 1 aromatic carbocycles. The minimum atomic E-state index is 0.593. The molecular formula is C14H14O. The van der Waals surface area contributed by atoms with Crippen LogP contribution in [0.3, 0.4) is 0 Å². The Kier molecular flexibility index (Phi) is 3.19. The third-order valence-corrected chi connectivity index (χ3v) is 2.82. The van der Waals surface area contributed by atoms with Crippen LogP contribution in [-0.2, 0) is 0 Å². The summed E-state index contributed by atoms with van der Waals surface area (Å²) in [5, 5.41) is 0. The van der Waals surface area contributed by atoms with E-state index in [4.69, 9.17) is 0 Å². The molecule has 0 spiro atoms. The maximum absolute atomic E-state index is 10.4. The highest BCUT2D eigenvalue weighted by Gasteiger charge is 2.11. The number of rotatable bonds is 1. The molecule has 0 radical (unpaired) electrons. The Hall–Kier alpha value is -1.55. The van der Waals surface area contributed by atoms with E-state index in [1.807, 2.05) is 24.3 Å². The standard InChI is InChI=1S/C14H14O/c15-11-14-9-7-13(8-10-14)6-5-12-3-1-2-4-12/h7-12H,1-4H2. The quantitative estimate of drug-likeness (QED) is 0.500. The van der Waals surface area contributed by atoms with E-state index in [9.17, 15) is 4.79 Å². The molecule has 0 N–H and O–H groups in total. The summed E-state index contributed by atoms with van der Waals surface area (Å²) in [5.74, 6) is 7.06. The zero-order chi connectivity index (χ0) is 10.5. The van der Waals surface area contributed by atoms with Crippen LogP contribution in [-0.4, -0.2) is 6.29 Å². The van der Waals surface area contributed by atoms with E-state index in [2.05, 4.69) is 11.8 Å². The van der Waals surface area contributed by atoms with Gasteiger partial charge in [0.15, 0.2) is 0 Å². The van der Waals surface area contributed by atoms with Gasteiger partial charge in [0.2, 0.25) is 0 Å².